The molecule has 0 spiro atoms. The molecule has 1 heterocycles. The van der Waals surface area contributed by atoms with Crippen molar-refractivity contribution in [2.24, 2.45) is 0 Å². The van der Waals surface area contributed by atoms with Gasteiger partial charge in [0.1, 0.15) is 0 Å². The molecule has 0 aliphatic carbocycles. The lowest BCUT2D eigenvalue weighted by Crippen LogP contribution is -1.93. The van der Waals surface area contributed by atoms with Crippen molar-refractivity contribution in [3.05, 3.63) is 56.2 Å². The third kappa shape index (κ3) is 3.12. The van der Waals surface area contributed by atoms with Crippen LogP contribution in [0.25, 0.3) is 0 Å². The summed E-state index contributed by atoms with van der Waals surface area (Å²) in [6.07, 6.45) is 0. The molecule has 0 bridgehead atoms. The van der Waals surface area contributed by atoms with E-state index in [4.69, 9.17) is 11.6 Å². The molecule has 90 valence electrons. The van der Waals surface area contributed by atoms with Crippen LogP contribution in [0.15, 0.2) is 39.5 Å². The van der Waals surface area contributed by atoms with Gasteiger partial charge in [0.15, 0.2) is 0 Å². The molecule has 3 heteroatoms. The van der Waals surface area contributed by atoms with E-state index in [0.717, 1.165) is 14.9 Å². The summed E-state index contributed by atoms with van der Waals surface area (Å²) in [6, 6.07) is 10.7. The Hall–Kier alpha value is -0.310. The van der Waals surface area contributed by atoms with Crippen molar-refractivity contribution in [3.8, 4) is 0 Å². The van der Waals surface area contributed by atoms with Gasteiger partial charge in [-0.15, -0.1) is 22.9 Å². The van der Waals surface area contributed by atoms with Crippen LogP contribution in [-0.4, -0.2) is 0 Å². The van der Waals surface area contributed by atoms with Crippen molar-refractivity contribution < 1.29 is 0 Å². The Morgan fingerprint density at radius 3 is 2.12 bits per heavy atom. The van der Waals surface area contributed by atoms with Gasteiger partial charge < -0.3 is 0 Å². The van der Waals surface area contributed by atoms with Gasteiger partial charge in [-0.1, -0.05) is 38.1 Å². The van der Waals surface area contributed by atoms with Gasteiger partial charge in [-0.05, 0) is 50.0 Å². The second kappa shape index (κ2) is 5.55. The molecule has 0 nitrogen and oxygen atoms in total. The molecule has 2 aromatic rings. The maximum absolute atomic E-state index is 6.46. The molecule has 0 saturated heterocycles. The Bertz CT molecular complexity index is 487. The van der Waals surface area contributed by atoms with Crippen LogP contribution in [-0.2, 0) is 0 Å². The van der Waals surface area contributed by atoms with E-state index in [1.807, 2.05) is 0 Å². The summed E-state index contributed by atoms with van der Waals surface area (Å²) in [5, 5.41) is 2.04. The van der Waals surface area contributed by atoms with Crippen molar-refractivity contribution in [2.75, 3.05) is 0 Å². The van der Waals surface area contributed by atoms with Crippen LogP contribution >= 0.6 is 38.9 Å². The van der Waals surface area contributed by atoms with Gasteiger partial charge in [0.2, 0.25) is 0 Å². The fourth-order valence-electron chi connectivity index (χ4n) is 1.70. The molecule has 0 amide bonds. The Morgan fingerprint density at radius 1 is 1.06 bits per heavy atom. The van der Waals surface area contributed by atoms with Crippen LogP contribution in [0.2, 0.25) is 0 Å². The molecule has 0 fully saturated rings. The monoisotopic (exact) mass is 328 g/mol. The van der Waals surface area contributed by atoms with Gasteiger partial charge in [0.05, 0.1) is 9.16 Å². The standard InChI is InChI=1S/C14H14BrClS/c1-9(2)10-3-5-11(6-4-10)14(16)12-7-13(15)17-8-12/h3-9,14H,1-2H3. The van der Waals surface area contributed by atoms with Crippen LogP contribution < -0.4 is 0 Å². The number of halogens is 2. The van der Waals surface area contributed by atoms with E-state index in [1.165, 1.54) is 5.56 Å². The van der Waals surface area contributed by atoms with E-state index in [9.17, 15) is 0 Å². The summed E-state index contributed by atoms with van der Waals surface area (Å²) in [5.74, 6) is 0.563. The minimum atomic E-state index is -0.0567. The Morgan fingerprint density at radius 2 is 1.65 bits per heavy atom. The zero-order valence-electron chi connectivity index (χ0n) is 9.78. The van der Waals surface area contributed by atoms with Crippen LogP contribution in [0.5, 0.6) is 0 Å². The second-order valence-corrected chi connectivity index (χ2v) is 7.09. The zero-order valence-corrected chi connectivity index (χ0v) is 12.9. The lowest BCUT2D eigenvalue weighted by Gasteiger charge is -2.10. The van der Waals surface area contributed by atoms with Gasteiger partial charge in [-0.25, -0.2) is 0 Å². The minimum Gasteiger partial charge on any atom is -0.136 e. The first-order valence-electron chi connectivity index (χ1n) is 5.56. The summed E-state index contributed by atoms with van der Waals surface area (Å²) in [7, 11) is 0. The van der Waals surface area contributed by atoms with Gasteiger partial charge in [0.25, 0.3) is 0 Å². The highest BCUT2D eigenvalue weighted by Gasteiger charge is 2.12. The maximum Gasteiger partial charge on any atom is 0.0843 e. The maximum atomic E-state index is 6.46. The smallest absolute Gasteiger partial charge is 0.0843 e. The summed E-state index contributed by atoms with van der Waals surface area (Å²) in [4.78, 5) is 0. The fraction of sp³-hybridized carbons (Fsp3) is 0.286. The van der Waals surface area contributed by atoms with Gasteiger partial charge in [-0.2, -0.15) is 0 Å². The van der Waals surface area contributed by atoms with Gasteiger partial charge >= 0.3 is 0 Å². The van der Waals surface area contributed by atoms with Crippen LogP contribution in [0.1, 0.15) is 41.8 Å². The molecule has 1 aromatic heterocycles. The summed E-state index contributed by atoms with van der Waals surface area (Å²) in [5.41, 5.74) is 3.66. The lowest BCUT2D eigenvalue weighted by atomic mass is 9.99. The number of rotatable bonds is 3. The van der Waals surface area contributed by atoms with Crippen molar-refractivity contribution in [3.63, 3.8) is 0 Å². The third-order valence-corrected chi connectivity index (χ3v) is 4.80. The number of thiophene rings is 1. The Labute approximate surface area is 120 Å². The highest BCUT2D eigenvalue weighted by atomic mass is 79.9. The van der Waals surface area contributed by atoms with E-state index < -0.39 is 0 Å². The van der Waals surface area contributed by atoms with E-state index >= 15 is 0 Å². The number of alkyl halides is 1. The normalized spacial score (nSPS) is 13.0. The molecular weight excluding hydrogens is 316 g/mol. The topological polar surface area (TPSA) is 0 Å². The van der Waals surface area contributed by atoms with Crippen molar-refractivity contribution in [2.45, 2.75) is 25.1 Å². The second-order valence-electron chi connectivity index (χ2n) is 4.37. The fourth-order valence-corrected chi connectivity index (χ4v) is 3.25. The van der Waals surface area contributed by atoms with E-state index in [0.29, 0.717) is 5.92 Å². The average molecular weight is 330 g/mol. The number of benzene rings is 1. The molecule has 1 aromatic carbocycles. The van der Waals surface area contributed by atoms with E-state index in [1.54, 1.807) is 11.3 Å². The number of hydrogen-bond donors (Lipinski definition) is 0. The third-order valence-electron chi connectivity index (χ3n) is 2.78. The van der Waals surface area contributed by atoms with Crippen molar-refractivity contribution in [1.82, 2.24) is 0 Å². The molecule has 0 aliphatic rings. The van der Waals surface area contributed by atoms with Crippen molar-refractivity contribution in [1.29, 1.82) is 0 Å². The summed E-state index contributed by atoms with van der Waals surface area (Å²) >= 11 is 11.6. The lowest BCUT2D eigenvalue weighted by molar-refractivity contribution is 0.865. The van der Waals surface area contributed by atoms with Crippen LogP contribution in [0, 0.1) is 0 Å². The van der Waals surface area contributed by atoms with E-state index in [2.05, 4.69) is 65.5 Å². The zero-order chi connectivity index (χ0) is 12.4. The predicted molar refractivity (Wildman–Crippen MR) is 80.2 cm³/mol. The SMILES string of the molecule is CC(C)c1ccc(C(Cl)c2csc(Br)c2)cc1. The van der Waals surface area contributed by atoms with Crippen LogP contribution in [0.4, 0.5) is 0 Å². The molecule has 17 heavy (non-hydrogen) atoms. The predicted octanol–water partition coefficient (Wildman–Crippen LogP) is 5.96. The molecular formula is C14H14BrClS. The Kier molecular flexibility index (Phi) is 4.29. The molecule has 1 atom stereocenters. The minimum absolute atomic E-state index is 0.0567. The van der Waals surface area contributed by atoms with Crippen molar-refractivity contribution >= 4 is 38.9 Å². The average Bonchev–Trinajstić information content (AvgIpc) is 2.75. The van der Waals surface area contributed by atoms with Crippen LogP contribution in [0.3, 0.4) is 0 Å². The molecule has 1 unspecified atom stereocenters. The largest absolute Gasteiger partial charge is 0.136 e. The van der Waals surface area contributed by atoms with Gasteiger partial charge in [-0.3, -0.25) is 0 Å². The summed E-state index contributed by atoms with van der Waals surface area (Å²) < 4.78 is 1.12. The summed E-state index contributed by atoms with van der Waals surface area (Å²) in [6.45, 7) is 4.40. The van der Waals surface area contributed by atoms with Gasteiger partial charge in [0, 0.05) is 0 Å². The molecule has 0 aliphatic heterocycles. The molecule has 0 saturated carbocycles. The first kappa shape index (κ1) is 13.1. The first-order valence-corrected chi connectivity index (χ1v) is 7.66. The quantitative estimate of drug-likeness (QED) is 0.609. The Balaban J connectivity index is 2.22. The first-order chi connectivity index (χ1) is 8.08. The molecule has 0 radical (unpaired) electrons. The number of hydrogen-bond acceptors (Lipinski definition) is 1. The van der Waals surface area contributed by atoms with E-state index in [-0.39, 0.29) is 5.38 Å². The molecule has 0 N–H and O–H groups in total. The highest BCUT2D eigenvalue weighted by Crippen LogP contribution is 2.34. The highest BCUT2D eigenvalue weighted by molar-refractivity contribution is 9.11. The molecule has 2 rings (SSSR count).